The zero-order chi connectivity index (χ0) is 15.5. The van der Waals surface area contributed by atoms with Gasteiger partial charge in [-0.15, -0.1) is 0 Å². The van der Waals surface area contributed by atoms with Gasteiger partial charge < -0.3 is 19.7 Å². The van der Waals surface area contributed by atoms with E-state index in [1.807, 2.05) is 18.2 Å². The Bertz CT molecular complexity index is 458. The lowest BCUT2D eigenvalue weighted by atomic mass is 10.2. The summed E-state index contributed by atoms with van der Waals surface area (Å²) in [6.07, 6.45) is 3.33. The van der Waals surface area contributed by atoms with Gasteiger partial charge in [-0.25, -0.2) is 4.79 Å². The second-order valence-corrected chi connectivity index (χ2v) is 4.68. The predicted octanol–water partition coefficient (Wildman–Crippen LogP) is 2.62. The summed E-state index contributed by atoms with van der Waals surface area (Å²) in [6, 6.07) is 7.21. The second-order valence-electron chi connectivity index (χ2n) is 4.28. The smallest absolute Gasteiger partial charge is 0.321 e. The molecule has 0 fully saturated rings. The Morgan fingerprint density at radius 2 is 1.86 bits per heavy atom. The molecule has 1 rings (SSSR count). The topological polar surface area (TPSA) is 50.8 Å². The maximum absolute atomic E-state index is 12.0. The van der Waals surface area contributed by atoms with Crippen molar-refractivity contribution >= 4 is 23.7 Å². The van der Waals surface area contributed by atoms with Gasteiger partial charge in [0.25, 0.3) is 0 Å². The number of methoxy groups -OCH3 is 2. The number of hydrogen-bond donors (Lipinski definition) is 1. The van der Waals surface area contributed by atoms with Crippen molar-refractivity contribution in [3.8, 4) is 0 Å². The molecule has 0 radical (unpaired) electrons. The Kier molecular flexibility index (Phi) is 8.50. The van der Waals surface area contributed by atoms with E-state index in [2.05, 4.69) is 5.32 Å². The molecule has 1 N–H and O–H groups in total. The van der Waals surface area contributed by atoms with Crippen molar-refractivity contribution in [3.63, 3.8) is 0 Å². The van der Waals surface area contributed by atoms with Gasteiger partial charge in [0.15, 0.2) is 0 Å². The van der Waals surface area contributed by atoms with E-state index in [1.165, 1.54) is 0 Å². The number of nitrogens with zero attached hydrogens (tertiary/aromatic N) is 1. The first kappa shape index (κ1) is 17.5. The van der Waals surface area contributed by atoms with Gasteiger partial charge in [0.2, 0.25) is 0 Å². The van der Waals surface area contributed by atoms with Crippen molar-refractivity contribution in [3.05, 3.63) is 41.1 Å². The van der Waals surface area contributed by atoms with Gasteiger partial charge in [-0.2, -0.15) is 0 Å². The zero-order valence-corrected chi connectivity index (χ0v) is 13.1. The van der Waals surface area contributed by atoms with Crippen LogP contribution in [-0.4, -0.2) is 51.5 Å². The number of nitrogens with one attached hydrogen (secondary N) is 1. The first-order chi connectivity index (χ1) is 10.2. The number of rotatable bonds is 8. The monoisotopic (exact) mass is 312 g/mol. The standard InChI is InChI=1S/C15H21ClN2O3/c1-20-11-9-18(10-12-21-2)15(19)17-8-7-13-5-3-4-6-14(13)16/h3-8H,9-12H2,1-2H3,(H,17,19)/b8-7+. The molecule has 1 aromatic rings. The lowest BCUT2D eigenvalue weighted by Crippen LogP contribution is -2.41. The van der Waals surface area contributed by atoms with Crippen LogP contribution in [0.15, 0.2) is 30.5 Å². The number of benzene rings is 1. The fraction of sp³-hybridized carbons (Fsp3) is 0.400. The van der Waals surface area contributed by atoms with Gasteiger partial charge in [0.1, 0.15) is 0 Å². The molecule has 1 aromatic carbocycles. The number of ether oxygens (including phenoxy) is 2. The summed E-state index contributed by atoms with van der Waals surface area (Å²) in [7, 11) is 3.20. The molecule has 0 aliphatic heterocycles. The van der Waals surface area contributed by atoms with Crippen LogP contribution in [0.3, 0.4) is 0 Å². The molecule has 2 amide bonds. The Labute approximate surface area is 130 Å². The second kappa shape index (κ2) is 10.2. The maximum Gasteiger partial charge on any atom is 0.321 e. The number of amides is 2. The fourth-order valence-electron chi connectivity index (χ4n) is 1.62. The fourth-order valence-corrected chi connectivity index (χ4v) is 1.82. The summed E-state index contributed by atoms with van der Waals surface area (Å²) in [4.78, 5) is 13.7. The van der Waals surface area contributed by atoms with Gasteiger partial charge in [-0.1, -0.05) is 29.8 Å². The van der Waals surface area contributed by atoms with Crippen molar-refractivity contribution in [1.29, 1.82) is 0 Å². The van der Waals surface area contributed by atoms with Crippen LogP contribution >= 0.6 is 11.6 Å². The molecule has 0 heterocycles. The van der Waals surface area contributed by atoms with Crippen LogP contribution < -0.4 is 5.32 Å². The lowest BCUT2D eigenvalue weighted by molar-refractivity contribution is 0.124. The van der Waals surface area contributed by atoms with Crippen LogP contribution in [-0.2, 0) is 9.47 Å². The van der Waals surface area contributed by atoms with E-state index in [0.29, 0.717) is 31.3 Å². The Morgan fingerprint density at radius 1 is 1.24 bits per heavy atom. The van der Waals surface area contributed by atoms with Crippen LogP contribution in [0.5, 0.6) is 0 Å². The van der Waals surface area contributed by atoms with Crippen LogP contribution in [0, 0.1) is 0 Å². The van der Waals surface area contributed by atoms with Crippen molar-refractivity contribution in [2.24, 2.45) is 0 Å². The minimum Gasteiger partial charge on any atom is -0.383 e. The van der Waals surface area contributed by atoms with Crippen molar-refractivity contribution in [1.82, 2.24) is 10.2 Å². The third-order valence-corrected chi connectivity index (χ3v) is 3.14. The molecule has 0 aromatic heterocycles. The van der Waals surface area contributed by atoms with E-state index in [9.17, 15) is 4.79 Å². The summed E-state index contributed by atoms with van der Waals surface area (Å²) in [5.41, 5.74) is 0.847. The first-order valence-corrected chi connectivity index (χ1v) is 7.01. The molecule has 5 nitrogen and oxygen atoms in total. The summed E-state index contributed by atoms with van der Waals surface area (Å²) in [6.45, 7) is 1.97. The van der Waals surface area contributed by atoms with Gasteiger partial charge in [0.05, 0.1) is 13.2 Å². The van der Waals surface area contributed by atoms with Crippen LogP contribution in [0.2, 0.25) is 5.02 Å². The number of urea groups is 1. The average Bonchev–Trinajstić information content (AvgIpc) is 2.49. The van der Waals surface area contributed by atoms with E-state index in [4.69, 9.17) is 21.1 Å². The molecule has 0 atom stereocenters. The van der Waals surface area contributed by atoms with Crippen LogP contribution in [0.1, 0.15) is 5.56 Å². The first-order valence-electron chi connectivity index (χ1n) is 6.63. The molecule has 6 heteroatoms. The molecule has 0 saturated carbocycles. The van der Waals surface area contributed by atoms with Gasteiger partial charge >= 0.3 is 6.03 Å². The molecular weight excluding hydrogens is 292 g/mol. The quantitative estimate of drug-likeness (QED) is 0.803. The molecule has 0 bridgehead atoms. The minimum absolute atomic E-state index is 0.201. The summed E-state index contributed by atoms with van der Waals surface area (Å²) >= 11 is 6.03. The normalized spacial score (nSPS) is 10.8. The van der Waals surface area contributed by atoms with E-state index in [-0.39, 0.29) is 6.03 Å². The highest BCUT2D eigenvalue weighted by molar-refractivity contribution is 6.32. The van der Waals surface area contributed by atoms with Crippen molar-refractivity contribution < 1.29 is 14.3 Å². The molecule has 21 heavy (non-hydrogen) atoms. The third kappa shape index (κ3) is 6.62. The zero-order valence-electron chi connectivity index (χ0n) is 12.3. The third-order valence-electron chi connectivity index (χ3n) is 2.79. The van der Waals surface area contributed by atoms with Gasteiger partial charge in [-0.3, -0.25) is 0 Å². The van der Waals surface area contributed by atoms with Gasteiger partial charge in [-0.05, 0) is 17.7 Å². The van der Waals surface area contributed by atoms with E-state index >= 15 is 0 Å². The number of halogens is 1. The van der Waals surface area contributed by atoms with Crippen molar-refractivity contribution in [2.75, 3.05) is 40.5 Å². The molecular formula is C15H21ClN2O3. The van der Waals surface area contributed by atoms with Crippen LogP contribution in [0.25, 0.3) is 6.08 Å². The average molecular weight is 313 g/mol. The number of hydrogen-bond acceptors (Lipinski definition) is 3. The van der Waals surface area contributed by atoms with Gasteiger partial charge in [0, 0.05) is 38.5 Å². The Hall–Kier alpha value is -1.56. The summed E-state index contributed by atoms with van der Waals surface area (Å²) < 4.78 is 9.99. The molecule has 0 saturated heterocycles. The Balaban J connectivity index is 2.54. The van der Waals surface area contributed by atoms with Crippen molar-refractivity contribution in [2.45, 2.75) is 0 Å². The molecule has 116 valence electrons. The lowest BCUT2D eigenvalue weighted by Gasteiger charge is -2.21. The number of carbonyl (C=O) groups excluding carboxylic acids is 1. The maximum atomic E-state index is 12.0. The molecule has 0 aliphatic rings. The van der Waals surface area contributed by atoms with E-state index in [0.717, 1.165) is 5.56 Å². The molecule has 0 spiro atoms. The highest BCUT2D eigenvalue weighted by Gasteiger charge is 2.11. The minimum atomic E-state index is -0.201. The number of carbonyl (C=O) groups is 1. The Morgan fingerprint density at radius 3 is 2.43 bits per heavy atom. The van der Waals surface area contributed by atoms with E-state index < -0.39 is 0 Å². The largest absolute Gasteiger partial charge is 0.383 e. The predicted molar refractivity (Wildman–Crippen MR) is 84.3 cm³/mol. The van der Waals surface area contributed by atoms with E-state index in [1.54, 1.807) is 37.5 Å². The summed E-state index contributed by atoms with van der Waals surface area (Å²) in [5, 5.41) is 3.35. The summed E-state index contributed by atoms with van der Waals surface area (Å²) in [5.74, 6) is 0. The SMILES string of the molecule is COCCN(CCOC)C(=O)N/C=C/c1ccccc1Cl. The molecule has 0 unspecified atom stereocenters. The van der Waals surface area contributed by atoms with Crippen LogP contribution in [0.4, 0.5) is 4.79 Å². The highest BCUT2D eigenvalue weighted by Crippen LogP contribution is 2.15. The molecule has 0 aliphatic carbocycles. The highest BCUT2D eigenvalue weighted by atomic mass is 35.5.